The van der Waals surface area contributed by atoms with Gasteiger partial charge in [0.05, 0.1) is 0 Å². The third kappa shape index (κ3) is 2.43. The van der Waals surface area contributed by atoms with Gasteiger partial charge in [-0.3, -0.25) is 0 Å². The number of hydrogen-bond acceptors (Lipinski definition) is 2. The molecule has 1 N–H and O–H groups in total. The van der Waals surface area contributed by atoms with Gasteiger partial charge in [-0.05, 0) is 46.1 Å². The third-order valence-corrected chi connectivity index (χ3v) is 3.90. The first kappa shape index (κ1) is 13.2. The second kappa shape index (κ2) is 5.29. The largest absolute Gasteiger partial charge is 0.366 e. The zero-order chi connectivity index (χ0) is 14.1. The Hall–Kier alpha value is -1.81. The van der Waals surface area contributed by atoms with Crippen molar-refractivity contribution < 1.29 is 0 Å². The van der Waals surface area contributed by atoms with Gasteiger partial charge < -0.3 is 9.88 Å². The number of aromatic nitrogens is 2. The van der Waals surface area contributed by atoms with Crippen LogP contribution in [0.15, 0.2) is 47.2 Å². The smallest absolute Gasteiger partial charge is 0.129 e. The summed E-state index contributed by atoms with van der Waals surface area (Å²) >= 11 is 3.43. The van der Waals surface area contributed by atoms with E-state index in [1.54, 1.807) is 0 Å². The Morgan fingerprint density at radius 2 is 2.10 bits per heavy atom. The average molecular weight is 330 g/mol. The summed E-state index contributed by atoms with van der Waals surface area (Å²) in [5, 5.41) is 4.71. The summed E-state index contributed by atoms with van der Waals surface area (Å²) in [5.74, 6) is 0.932. The fraction of sp³-hybridized carbons (Fsp3) is 0.188. The van der Waals surface area contributed by atoms with Crippen LogP contribution in [0.2, 0.25) is 0 Å². The molecule has 0 fully saturated rings. The van der Waals surface area contributed by atoms with Crippen LogP contribution in [-0.2, 0) is 13.6 Å². The van der Waals surface area contributed by atoms with Crippen LogP contribution in [-0.4, -0.2) is 9.55 Å². The first-order chi connectivity index (χ1) is 9.65. The number of nitrogens with one attached hydrogen (secondary N) is 1. The number of anilines is 1. The molecule has 0 radical (unpaired) electrons. The number of halogens is 1. The first-order valence-corrected chi connectivity index (χ1v) is 7.33. The lowest BCUT2D eigenvalue weighted by atomic mass is 10.2. The van der Waals surface area contributed by atoms with Gasteiger partial charge in [-0.1, -0.05) is 18.2 Å². The Kier molecular flexibility index (Phi) is 3.49. The summed E-state index contributed by atoms with van der Waals surface area (Å²) in [6.45, 7) is 2.83. The van der Waals surface area contributed by atoms with Gasteiger partial charge in [0.15, 0.2) is 0 Å². The summed E-state index contributed by atoms with van der Waals surface area (Å²) in [6, 6.07) is 10.5. The lowest BCUT2D eigenvalue weighted by Gasteiger charge is -2.08. The zero-order valence-corrected chi connectivity index (χ0v) is 13.1. The maximum atomic E-state index is 4.41. The highest BCUT2D eigenvalue weighted by molar-refractivity contribution is 9.10. The van der Waals surface area contributed by atoms with Gasteiger partial charge in [-0.25, -0.2) is 4.98 Å². The lowest BCUT2D eigenvalue weighted by Crippen LogP contribution is -2.02. The Labute approximate surface area is 126 Å². The van der Waals surface area contributed by atoms with Crippen molar-refractivity contribution in [1.29, 1.82) is 0 Å². The minimum atomic E-state index is 0.775. The van der Waals surface area contributed by atoms with Crippen LogP contribution < -0.4 is 5.32 Å². The SMILES string of the molecule is Cc1cc(Br)cnc1NCc1cn(C)c2ccccc12. The van der Waals surface area contributed by atoms with Crippen molar-refractivity contribution in [3.05, 3.63) is 58.3 Å². The Balaban J connectivity index is 1.87. The van der Waals surface area contributed by atoms with E-state index in [4.69, 9.17) is 0 Å². The molecular weight excluding hydrogens is 314 g/mol. The maximum absolute atomic E-state index is 4.41. The highest BCUT2D eigenvalue weighted by Crippen LogP contribution is 2.22. The number of hydrogen-bond donors (Lipinski definition) is 1. The molecule has 0 aliphatic carbocycles. The van der Waals surface area contributed by atoms with Crippen LogP contribution in [0, 0.1) is 6.92 Å². The molecule has 1 aromatic carbocycles. The van der Waals surface area contributed by atoms with Crippen molar-refractivity contribution in [2.24, 2.45) is 7.05 Å². The van der Waals surface area contributed by atoms with E-state index >= 15 is 0 Å². The molecule has 0 bridgehead atoms. The predicted molar refractivity (Wildman–Crippen MR) is 86.9 cm³/mol. The molecule has 3 aromatic rings. The van der Waals surface area contributed by atoms with Gasteiger partial charge in [-0.2, -0.15) is 0 Å². The van der Waals surface area contributed by atoms with Gasteiger partial charge in [-0.15, -0.1) is 0 Å². The molecule has 0 amide bonds. The molecule has 0 spiro atoms. The molecule has 3 nitrogen and oxygen atoms in total. The molecule has 0 atom stereocenters. The van der Waals surface area contributed by atoms with Gasteiger partial charge in [0, 0.05) is 41.4 Å². The molecule has 0 saturated carbocycles. The molecule has 102 valence electrons. The van der Waals surface area contributed by atoms with E-state index in [9.17, 15) is 0 Å². The fourth-order valence-electron chi connectivity index (χ4n) is 2.47. The summed E-state index contributed by atoms with van der Waals surface area (Å²) in [4.78, 5) is 4.41. The molecule has 0 saturated heterocycles. The molecule has 20 heavy (non-hydrogen) atoms. The van der Waals surface area contributed by atoms with Crippen molar-refractivity contribution in [3.8, 4) is 0 Å². The number of nitrogens with zero attached hydrogens (tertiary/aromatic N) is 2. The van der Waals surface area contributed by atoms with Gasteiger partial charge in [0.1, 0.15) is 5.82 Å². The maximum Gasteiger partial charge on any atom is 0.129 e. The van der Waals surface area contributed by atoms with Crippen molar-refractivity contribution >= 4 is 32.7 Å². The number of aryl methyl sites for hydroxylation is 2. The van der Waals surface area contributed by atoms with Crippen LogP contribution in [0.4, 0.5) is 5.82 Å². The van der Waals surface area contributed by atoms with Crippen LogP contribution in [0.25, 0.3) is 10.9 Å². The van der Waals surface area contributed by atoms with Crippen molar-refractivity contribution in [2.45, 2.75) is 13.5 Å². The number of fused-ring (bicyclic) bond motifs is 1. The second-order valence-corrected chi connectivity index (χ2v) is 5.87. The lowest BCUT2D eigenvalue weighted by molar-refractivity contribution is 0.954. The van der Waals surface area contributed by atoms with E-state index in [1.165, 1.54) is 16.5 Å². The van der Waals surface area contributed by atoms with Gasteiger partial charge in [0.25, 0.3) is 0 Å². The molecule has 3 rings (SSSR count). The minimum absolute atomic E-state index is 0.775. The molecule has 0 aliphatic rings. The zero-order valence-electron chi connectivity index (χ0n) is 11.5. The second-order valence-electron chi connectivity index (χ2n) is 4.95. The highest BCUT2D eigenvalue weighted by Gasteiger charge is 2.06. The normalized spacial score (nSPS) is 10.9. The van der Waals surface area contributed by atoms with Crippen LogP contribution in [0.3, 0.4) is 0 Å². The minimum Gasteiger partial charge on any atom is -0.366 e. The quantitative estimate of drug-likeness (QED) is 0.778. The van der Waals surface area contributed by atoms with Gasteiger partial charge >= 0.3 is 0 Å². The van der Waals surface area contributed by atoms with E-state index in [2.05, 4.69) is 81.3 Å². The monoisotopic (exact) mass is 329 g/mol. The average Bonchev–Trinajstić information content (AvgIpc) is 2.75. The Morgan fingerprint density at radius 1 is 1.30 bits per heavy atom. The third-order valence-electron chi connectivity index (χ3n) is 3.47. The number of rotatable bonds is 3. The van der Waals surface area contributed by atoms with E-state index < -0.39 is 0 Å². The number of para-hydroxylation sites is 1. The van der Waals surface area contributed by atoms with Crippen LogP contribution >= 0.6 is 15.9 Å². The molecule has 4 heteroatoms. The van der Waals surface area contributed by atoms with E-state index in [0.29, 0.717) is 0 Å². The molecule has 0 aliphatic heterocycles. The predicted octanol–water partition coefficient (Wildman–Crippen LogP) is 4.26. The van der Waals surface area contributed by atoms with Crippen molar-refractivity contribution in [2.75, 3.05) is 5.32 Å². The van der Waals surface area contributed by atoms with E-state index in [0.717, 1.165) is 22.4 Å². The summed E-state index contributed by atoms with van der Waals surface area (Å²) in [7, 11) is 2.08. The number of benzene rings is 1. The van der Waals surface area contributed by atoms with Crippen molar-refractivity contribution in [1.82, 2.24) is 9.55 Å². The van der Waals surface area contributed by atoms with E-state index in [1.807, 2.05) is 6.20 Å². The standard InChI is InChI=1S/C16H16BrN3/c1-11-7-13(17)9-19-16(11)18-8-12-10-20(2)15-6-4-3-5-14(12)15/h3-7,9-10H,8H2,1-2H3,(H,18,19). The summed E-state index contributed by atoms with van der Waals surface area (Å²) in [6.07, 6.45) is 3.99. The summed E-state index contributed by atoms with van der Waals surface area (Å²) < 4.78 is 3.17. The molecule has 0 unspecified atom stereocenters. The molecular formula is C16H16BrN3. The first-order valence-electron chi connectivity index (χ1n) is 6.54. The summed E-state index contributed by atoms with van der Waals surface area (Å²) in [5.41, 5.74) is 3.68. The van der Waals surface area contributed by atoms with Crippen molar-refractivity contribution in [3.63, 3.8) is 0 Å². The Bertz CT molecular complexity index is 762. The van der Waals surface area contributed by atoms with Crippen LogP contribution in [0.1, 0.15) is 11.1 Å². The Morgan fingerprint density at radius 3 is 2.90 bits per heavy atom. The van der Waals surface area contributed by atoms with Crippen LogP contribution in [0.5, 0.6) is 0 Å². The van der Waals surface area contributed by atoms with E-state index in [-0.39, 0.29) is 0 Å². The molecule has 2 aromatic heterocycles. The fourth-order valence-corrected chi connectivity index (χ4v) is 2.92. The van der Waals surface area contributed by atoms with Gasteiger partial charge in [0.2, 0.25) is 0 Å². The number of pyridine rings is 1. The highest BCUT2D eigenvalue weighted by atomic mass is 79.9. The topological polar surface area (TPSA) is 29.9 Å². The molecule has 2 heterocycles.